The maximum absolute atomic E-state index is 12.7. The van der Waals surface area contributed by atoms with E-state index in [1.54, 1.807) is 31.2 Å². The Morgan fingerprint density at radius 2 is 1.81 bits per heavy atom. The molecule has 7 heteroatoms. The van der Waals surface area contributed by atoms with Crippen molar-refractivity contribution in [3.05, 3.63) is 59.7 Å². The van der Waals surface area contributed by atoms with E-state index < -0.39 is 10.0 Å². The van der Waals surface area contributed by atoms with Crippen molar-refractivity contribution in [2.24, 2.45) is 5.92 Å². The molecule has 3 rings (SSSR count). The van der Waals surface area contributed by atoms with Gasteiger partial charge >= 0.3 is 0 Å². The van der Waals surface area contributed by atoms with Crippen molar-refractivity contribution < 1.29 is 13.2 Å². The van der Waals surface area contributed by atoms with Gasteiger partial charge in [0.2, 0.25) is 10.0 Å². The van der Waals surface area contributed by atoms with Crippen molar-refractivity contribution >= 4 is 27.3 Å². The molecule has 1 heterocycles. The van der Waals surface area contributed by atoms with Crippen LogP contribution in [-0.4, -0.2) is 40.2 Å². The van der Waals surface area contributed by atoms with Gasteiger partial charge in [0.1, 0.15) is 0 Å². The first kappa shape index (κ1) is 23.1. The van der Waals surface area contributed by atoms with Crippen molar-refractivity contribution in [1.82, 2.24) is 5.32 Å². The molecule has 1 aliphatic heterocycles. The Hall–Kier alpha value is -2.54. The fourth-order valence-corrected chi connectivity index (χ4v) is 5.12. The molecular weight excluding hydrogens is 410 g/mol. The van der Waals surface area contributed by atoms with Crippen molar-refractivity contribution in [2.75, 3.05) is 35.1 Å². The summed E-state index contributed by atoms with van der Waals surface area (Å²) in [7, 11) is -3.34. The van der Waals surface area contributed by atoms with Gasteiger partial charge in [-0.2, -0.15) is 0 Å². The Bertz CT molecular complexity index is 988. The highest BCUT2D eigenvalue weighted by atomic mass is 32.2. The lowest BCUT2D eigenvalue weighted by molar-refractivity contribution is 0.0940. The van der Waals surface area contributed by atoms with Gasteiger partial charge in [0.25, 0.3) is 5.91 Å². The second-order valence-electron chi connectivity index (χ2n) is 8.45. The number of hydrogen-bond donors (Lipinski definition) is 1. The minimum absolute atomic E-state index is 0.135. The molecule has 0 aromatic heterocycles. The summed E-state index contributed by atoms with van der Waals surface area (Å²) in [4.78, 5) is 15.1. The molecule has 0 bridgehead atoms. The van der Waals surface area contributed by atoms with E-state index in [1.807, 2.05) is 6.92 Å². The number of piperidine rings is 1. The molecule has 1 N–H and O–H groups in total. The monoisotopic (exact) mass is 443 g/mol. The highest BCUT2D eigenvalue weighted by Crippen LogP contribution is 2.25. The number of benzene rings is 2. The van der Waals surface area contributed by atoms with Crippen LogP contribution in [0.5, 0.6) is 0 Å². The van der Waals surface area contributed by atoms with Gasteiger partial charge in [-0.1, -0.05) is 19.1 Å². The zero-order valence-corrected chi connectivity index (χ0v) is 19.7. The van der Waals surface area contributed by atoms with E-state index in [1.165, 1.54) is 29.1 Å². The molecule has 31 heavy (non-hydrogen) atoms. The van der Waals surface area contributed by atoms with Crippen LogP contribution in [0.2, 0.25) is 0 Å². The van der Waals surface area contributed by atoms with Crippen LogP contribution in [0.4, 0.5) is 11.4 Å². The van der Waals surface area contributed by atoms with E-state index >= 15 is 0 Å². The number of nitrogens with zero attached hydrogens (tertiary/aromatic N) is 2. The third kappa shape index (κ3) is 5.79. The van der Waals surface area contributed by atoms with Gasteiger partial charge in [0.15, 0.2) is 0 Å². The summed E-state index contributed by atoms with van der Waals surface area (Å²) in [6.07, 6.45) is 3.70. The lowest BCUT2D eigenvalue weighted by Gasteiger charge is -2.33. The summed E-state index contributed by atoms with van der Waals surface area (Å²) in [6, 6.07) is 14.9. The average Bonchev–Trinajstić information content (AvgIpc) is 2.74. The fraction of sp³-hybridized carbons (Fsp3) is 0.458. The number of nitrogens with one attached hydrogen (secondary N) is 1. The standard InChI is InChI=1S/C24H33N3O3S/c1-5-27(31(4,29)30)23-14-10-21(11-15-23)24(28)25-19(3)20-8-12-22(13-9-20)26-16-6-7-18(2)17-26/h8-15,18-19H,5-7,16-17H2,1-4H3,(H,25,28)/t18-,19-/m1/s1. The SMILES string of the molecule is CCN(c1ccc(C(=O)N[C@H](C)c2ccc(N3CCC[C@@H](C)C3)cc2)cc1)S(C)(=O)=O. The van der Waals surface area contributed by atoms with E-state index in [0.29, 0.717) is 17.8 Å². The topological polar surface area (TPSA) is 69.7 Å². The van der Waals surface area contributed by atoms with E-state index in [-0.39, 0.29) is 11.9 Å². The summed E-state index contributed by atoms with van der Waals surface area (Å²) in [5.74, 6) is 0.537. The molecule has 1 aliphatic rings. The molecule has 2 aromatic carbocycles. The van der Waals surface area contributed by atoms with Crippen LogP contribution in [0, 0.1) is 5.92 Å². The molecule has 2 aromatic rings. The Morgan fingerprint density at radius 3 is 2.35 bits per heavy atom. The van der Waals surface area contributed by atoms with E-state index in [4.69, 9.17) is 0 Å². The van der Waals surface area contributed by atoms with Crippen LogP contribution in [-0.2, 0) is 10.0 Å². The van der Waals surface area contributed by atoms with Crippen molar-refractivity contribution in [2.45, 2.75) is 39.7 Å². The van der Waals surface area contributed by atoms with Gasteiger partial charge in [-0.05, 0) is 74.6 Å². The molecule has 0 radical (unpaired) electrons. The number of carbonyl (C=O) groups is 1. The van der Waals surface area contributed by atoms with Crippen LogP contribution in [0.1, 0.15) is 55.6 Å². The van der Waals surface area contributed by atoms with Crippen LogP contribution in [0.25, 0.3) is 0 Å². The number of anilines is 2. The second-order valence-corrected chi connectivity index (χ2v) is 10.4. The smallest absolute Gasteiger partial charge is 0.251 e. The number of hydrogen-bond acceptors (Lipinski definition) is 4. The predicted molar refractivity (Wildman–Crippen MR) is 127 cm³/mol. The Balaban J connectivity index is 1.63. The minimum Gasteiger partial charge on any atom is -0.371 e. The normalized spacial score (nSPS) is 17.8. The van der Waals surface area contributed by atoms with Gasteiger partial charge in [0, 0.05) is 30.9 Å². The van der Waals surface area contributed by atoms with Gasteiger partial charge in [-0.3, -0.25) is 9.10 Å². The Kier molecular flexibility index (Phi) is 7.26. The van der Waals surface area contributed by atoms with Gasteiger partial charge in [-0.25, -0.2) is 8.42 Å². The summed E-state index contributed by atoms with van der Waals surface area (Å²) in [5, 5.41) is 3.03. The van der Waals surface area contributed by atoms with E-state index in [2.05, 4.69) is 41.4 Å². The molecule has 0 saturated carbocycles. The van der Waals surface area contributed by atoms with Crippen LogP contribution in [0.15, 0.2) is 48.5 Å². The van der Waals surface area contributed by atoms with Crippen molar-refractivity contribution in [1.29, 1.82) is 0 Å². The molecule has 168 valence electrons. The van der Waals surface area contributed by atoms with Gasteiger partial charge < -0.3 is 10.2 Å². The maximum atomic E-state index is 12.7. The summed E-state index contributed by atoms with van der Waals surface area (Å²) in [6.45, 7) is 8.57. The van der Waals surface area contributed by atoms with Crippen LogP contribution >= 0.6 is 0 Å². The molecule has 6 nitrogen and oxygen atoms in total. The molecule has 0 unspecified atom stereocenters. The predicted octanol–water partition coefficient (Wildman–Crippen LogP) is 4.20. The largest absolute Gasteiger partial charge is 0.371 e. The molecular formula is C24H33N3O3S. The maximum Gasteiger partial charge on any atom is 0.251 e. The number of sulfonamides is 1. The third-order valence-corrected chi connectivity index (χ3v) is 7.14. The summed E-state index contributed by atoms with van der Waals surface area (Å²) in [5.41, 5.74) is 3.33. The highest BCUT2D eigenvalue weighted by molar-refractivity contribution is 7.92. The number of rotatable bonds is 7. The lowest BCUT2D eigenvalue weighted by atomic mass is 9.99. The molecule has 1 fully saturated rings. The van der Waals surface area contributed by atoms with Crippen LogP contribution < -0.4 is 14.5 Å². The quantitative estimate of drug-likeness (QED) is 0.696. The molecule has 0 aliphatic carbocycles. The molecule has 0 spiro atoms. The first-order valence-electron chi connectivity index (χ1n) is 10.9. The van der Waals surface area contributed by atoms with Crippen molar-refractivity contribution in [3.63, 3.8) is 0 Å². The third-order valence-electron chi connectivity index (χ3n) is 5.87. The highest BCUT2D eigenvalue weighted by Gasteiger charge is 2.18. The minimum atomic E-state index is -3.34. The molecule has 1 saturated heterocycles. The average molecular weight is 444 g/mol. The van der Waals surface area contributed by atoms with Crippen molar-refractivity contribution in [3.8, 4) is 0 Å². The summed E-state index contributed by atoms with van der Waals surface area (Å²) >= 11 is 0. The zero-order chi connectivity index (χ0) is 22.6. The van der Waals surface area contributed by atoms with Gasteiger partial charge in [0.05, 0.1) is 18.0 Å². The molecule has 1 amide bonds. The molecule has 2 atom stereocenters. The summed E-state index contributed by atoms with van der Waals surface area (Å²) < 4.78 is 25.0. The van der Waals surface area contributed by atoms with Crippen LogP contribution in [0.3, 0.4) is 0 Å². The Morgan fingerprint density at radius 1 is 1.16 bits per heavy atom. The number of amides is 1. The zero-order valence-electron chi connectivity index (χ0n) is 18.8. The Labute approximate surface area is 186 Å². The first-order chi connectivity index (χ1) is 14.7. The van der Waals surface area contributed by atoms with E-state index in [0.717, 1.165) is 24.6 Å². The van der Waals surface area contributed by atoms with E-state index in [9.17, 15) is 13.2 Å². The number of carbonyl (C=O) groups excluding carboxylic acids is 1. The lowest BCUT2D eigenvalue weighted by Crippen LogP contribution is -2.34. The second kappa shape index (κ2) is 9.73. The first-order valence-corrected chi connectivity index (χ1v) is 12.8. The van der Waals surface area contributed by atoms with Gasteiger partial charge in [-0.15, -0.1) is 0 Å². The fourth-order valence-electron chi connectivity index (χ4n) is 4.15.